The van der Waals surface area contributed by atoms with Crippen LogP contribution >= 0.6 is 0 Å². The van der Waals surface area contributed by atoms with Gasteiger partial charge in [-0.25, -0.2) is 8.42 Å². The highest BCUT2D eigenvalue weighted by Gasteiger charge is 2.17. The number of amides is 1. The van der Waals surface area contributed by atoms with Crippen LogP contribution in [0.5, 0.6) is 11.5 Å². The van der Waals surface area contributed by atoms with Gasteiger partial charge in [0, 0.05) is 18.3 Å². The molecule has 0 saturated carbocycles. The Labute approximate surface area is 182 Å². The van der Waals surface area contributed by atoms with Crippen LogP contribution in [-0.4, -0.2) is 46.5 Å². The number of carbonyl (C=O) groups excluding carboxylic acids is 1. The van der Waals surface area contributed by atoms with Crippen molar-refractivity contribution in [3.05, 3.63) is 84.4 Å². The van der Waals surface area contributed by atoms with Crippen LogP contribution in [0, 0.1) is 0 Å². The van der Waals surface area contributed by atoms with Gasteiger partial charge in [0.25, 0.3) is 15.9 Å². The van der Waals surface area contributed by atoms with Gasteiger partial charge in [0.2, 0.25) is 0 Å². The minimum atomic E-state index is -3.73. The van der Waals surface area contributed by atoms with E-state index < -0.39 is 10.0 Å². The molecule has 0 fully saturated rings. The fraction of sp³-hybridized carbons (Fsp3) is 0.174. The summed E-state index contributed by atoms with van der Waals surface area (Å²) in [6, 6.07) is 21.6. The summed E-state index contributed by atoms with van der Waals surface area (Å²) in [5.41, 5.74) is 0.866. The van der Waals surface area contributed by atoms with Crippen LogP contribution < -0.4 is 14.2 Å². The SMILES string of the molecule is COc1ccc(OCCN(C)C(=O)c2ccc(S(=O)(=O)Nc3ccccc3)cc2)cc1. The van der Waals surface area contributed by atoms with Crippen molar-refractivity contribution >= 4 is 21.6 Å². The van der Waals surface area contributed by atoms with Gasteiger partial charge < -0.3 is 14.4 Å². The van der Waals surface area contributed by atoms with Crippen molar-refractivity contribution in [2.75, 3.05) is 32.0 Å². The third-order valence-corrected chi connectivity index (χ3v) is 5.94. The lowest BCUT2D eigenvalue weighted by Crippen LogP contribution is -2.30. The van der Waals surface area contributed by atoms with Crippen LogP contribution in [0.2, 0.25) is 0 Å². The lowest BCUT2D eigenvalue weighted by molar-refractivity contribution is 0.0773. The van der Waals surface area contributed by atoms with Crippen molar-refractivity contribution in [1.29, 1.82) is 0 Å². The molecule has 0 saturated heterocycles. The Bertz CT molecular complexity index is 1100. The van der Waals surface area contributed by atoms with E-state index in [1.165, 1.54) is 29.2 Å². The third kappa shape index (κ3) is 5.99. The van der Waals surface area contributed by atoms with Crippen LogP contribution in [0.4, 0.5) is 5.69 Å². The predicted octanol–water partition coefficient (Wildman–Crippen LogP) is 3.65. The van der Waals surface area contributed by atoms with Gasteiger partial charge in [-0.15, -0.1) is 0 Å². The maximum atomic E-state index is 12.6. The molecule has 0 spiro atoms. The van der Waals surface area contributed by atoms with Gasteiger partial charge in [0.05, 0.1) is 18.6 Å². The summed E-state index contributed by atoms with van der Waals surface area (Å²) in [6.45, 7) is 0.697. The molecule has 1 amide bonds. The Hall–Kier alpha value is -3.52. The first-order valence-corrected chi connectivity index (χ1v) is 11.1. The van der Waals surface area contributed by atoms with Crippen LogP contribution in [-0.2, 0) is 10.0 Å². The molecule has 3 aromatic rings. The van der Waals surface area contributed by atoms with E-state index >= 15 is 0 Å². The molecule has 0 aliphatic heterocycles. The van der Waals surface area contributed by atoms with E-state index in [1.54, 1.807) is 68.8 Å². The number of ether oxygens (including phenoxy) is 2. The Morgan fingerprint density at radius 1 is 0.903 bits per heavy atom. The quantitative estimate of drug-likeness (QED) is 0.549. The first-order valence-electron chi connectivity index (χ1n) is 9.59. The predicted molar refractivity (Wildman–Crippen MR) is 119 cm³/mol. The zero-order chi connectivity index (χ0) is 22.3. The van der Waals surface area contributed by atoms with Crippen molar-refractivity contribution < 1.29 is 22.7 Å². The molecule has 8 heteroatoms. The second kappa shape index (κ2) is 9.99. The average molecular weight is 441 g/mol. The third-order valence-electron chi connectivity index (χ3n) is 4.54. The Balaban J connectivity index is 1.56. The number of methoxy groups -OCH3 is 1. The number of rotatable bonds is 9. The van der Waals surface area contributed by atoms with Gasteiger partial charge in [0.1, 0.15) is 18.1 Å². The highest BCUT2D eigenvalue weighted by atomic mass is 32.2. The van der Waals surface area contributed by atoms with Crippen LogP contribution in [0.25, 0.3) is 0 Å². The number of likely N-dealkylation sites (N-methyl/N-ethyl adjacent to an activating group) is 1. The van der Waals surface area contributed by atoms with Crippen molar-refractivity contribution in [2.45, 2.75) is 4.90 Å². The molecule has 0 heterocycles. The second-order valence-corrected chi connectivity index (χ2v) is 8.43. The molecule has 0 aliphatic rings. The molecule has 0 radical (unpaired) electrons. The topological polar surface area (TPSA) is 84.9 Å². The Morgan fingerprint density at radius 3 is 2.13 bits per heavy atom. The minimum absolute atomic E-state index is 0.0818. The van der Waals surface area contributed by atoms with E-state index in [0.717, 1.165) is 5.75 Å². The molecule has 0 aliphatic carbocycles. The molecule has 0 aromatic heterocycles. The summed E-state index contributed by atoms with van der Waals surface area (Å²) in [7, 11) is -0.466. The molecule has 0 atom stereocenters. The van der Waals surface area contributed by atoms with Crippen molar-refractivity contribution in [3.63, 3.8) is 0 Å². The van der Waals surface area contributed by atoms with Crippen LogP contribution in [0.3, 0.4) is 0 Å². The fourth-order valence-corrected chi connectivity index (χ4v) is 3.85. The zero-order valence-electron chi connectivity index (χ0n) is 17.3. The number of nitrogens with one attached hydrogen (secondary N) is 1. The van der Waals surface area contributed by atoms with Crippen molar-refractivity contribution in [1.82, 2.24) is 4.90 Å². The van der Waals surface area contributed by atoms with Crippen molar-refractivity contribution in [3.8, 4) is 11.5 Å². The summed E-state index contributed by atoms with van der Waals surface area (Å²) in [5.74, 6) is 1.20. The lowest BCUT2D eigenvalue weighted by Gasteiger charge is -2.18. The summed E-state index contributed by atoms with van der Waals surface area (Å²) in [4.78, 5) is 14.2. The summed E-state index contributed by atoms with van der Waals surface area (Å²) in [5, 5.41) is 0. The van der Waals surface area contributed by atoms with Gasteiger partial charge >= 0.3 is 0 Å². The summed E-state index contributed by atoms with van der Waals surface area (Å²) >= 11 is 0. The van der Waals surface area contributed by atoms with E-state index in [1.807, 2.05) is 0 Å². The monoisotopic (exact) mass is 440 g/mol. The molecule has 0 bridgehead atoms. The molecule has 0 unspecified atom stereocenters. The second-order valence-electron chi connectivity index (χ2n) is 6.75. The summed E-state index contributed by atoms with van der Waals surface area (Å²) in [6.07, 6.45) is 0. The Morgan fingerprint density at radius 2 is 1.52 bits per heavy atom. The maximum Gasteiger partial charge on any atom is 0.261 e. The fourth-order valence-electron chi connectivity index (χ4n) is 2.79. The van der Waals surface area contributed by atoms with Gasteiger partial charge in [-0.2, -0.15) is 0 Å². The maximum absolute atomic E-state index is 12.6. The van der Waals surface area contributed by atoms with E-state index in [2.05, 4.69) is 4.72 Å². The largest absolute Gasteiger partial charge is 0.497 e. The number of nitrogens with zero attached hydrogens (tertiary/aromatic N) is 1. The Kier molecular flexibility index (Phi) is 7.15. The molecule has 3 rings (SSSR count). The zero-order valence-corrected chi connectivity index (χ0v) is 18.1. The first kappa shape index (κ1) is 22.2. The first-order chi connectivity index (χ1) is 14.9. The number of benzene rings is 3. The van der Waals surface area contributed by atoms with E-state index in [0.29, 0.717) is 30.2 Å². The van der Waals surface area contributed by atoms with Gasteiger partial charge in [-0.1, -0.05) is 18.2 Å². The highest BCUT2D eigenvalue weighted by Crippen LogP contribution is 2.18. The molecular weight excluding hydrogens is 416 g/mol. The van der Waals surface area contributed by atoms with Gasteiger partial charge in [-0.05, 0) is 60.7 Å². The van der Waals surface area contributed by atoms with Gasteiger partial charge in [0.15, 0.2) is 0 Å². The number of anilines is 1. The normalized spacial score (nSPS) is 10.9. The minimum Gasteiger partial charge on any atom is -0.497 e. The number of carbonyl (C=O) groups is 1. The summed E-state index contributed by atoms with van der Waals surface area (Å²) < 4.78 is 38.3. The average Bonchev–Trinajstić information content (AvgIpc) is 2.79. The van der Waals surface area contributed by atoms with E-state index in [-0.39, 0.29) is 10.8 Å². The molecule has 162 valence electrons. The number of para-hydroxylation sites is 1. The number of hydrogen-bond acceptors (Lipinski definition) is 5. The van der Waals surface area contributed by atoms with Gasteiger partial charge in [-0.3, -0.25) is 9.52 Å². The van der Waals surface area contributed by atoms with Crippen LogP contribution in [0.15, 0.2) is 83.8 Å². The molecular formula is C23H24N2O5S. The molecule has 31 heavy (non-hydrogen) atoms. The van der Waals surface area contributed by atoms with E-state index in [9.17, 15) is 13.2 Å². The molecule has 1 N–H and O–H groups in total. The smallest absolute Gasteiger partial charge is 0.261 e. The lowest BCUT2D eigenvalue weighted by atomic mass is 10.2. The van der Waals surface area contributed by atoms with E-state index in [4.69, 9.17) is 9.47 Å². The standard InChI is InChI=1S/C23H24N2O5S/c1-25(16-17-30-21-12-10-20(29-2)11-13-21)23(26)18-8-14-22(15-9-18)31(27,28)24-19-6-4-3-5-7-19/h3-15,24H,16-17H2,1-2H3. The highest BCUT2D eigenvalue weighted by molar-refractivity contribution is 7.92. The van der Waals surface area contributed by atoms with Crippen molar-refractivity contribution in [2.24, 2.45) is 0 Å². The number of sulfonamides is 1. The molecule has 3 aromatic carbocycles. The number of hydrogen-bond donors (Lipinski definition) is 1. The molecule has 7 nitrogen and oxygen atoms in total. The van der Waals surface area contributed by atoms with Crippen LogP contribution in [0.1, 0.15) is 10.4 Å².